The van der Waals surface area contributed by atoms with Crippen LogP contribution in [-0.4, -0.2) is 5.91 Å². The van der Waals surface area contributed by atoms with Gasteiger partial charge in [0.1, 0.15) is 0 Å². The quantitative estimate of drug-likeness (QED) is 0.859. The highest BCUT2D eigenvalue weighted by Crippen LogP contribution is 2.21. The summed E-state index contributed by atoms with van der Waals surface area (Å²) < 4.78 is 1.01. The molecule has 1 N–H and O–H groups in total. The van der Waals surface area contributed by atoms with Crippen LogP contribution >= 0.6 is 15.9 Å². The third-order valence-electron chi connectivity index (χ3n) is 3.06. The van der Waals surface area contributed by atoms with Gasteiger partial charge in [-0.15, -0.1) is 0 Å². The van der Waals surface area contributed by atoms with Crippen molar-refractivity contribution in [2.75, 3.05) is 5.32 Å². The molecule has 0 unspecified atom stereocenters. The first-order chi connectivity index (χ1) is 8.97. The summed E-state index contributed by atoms with van der Waals surface area (Å²) in [7, 11) is 0. The highest BCUT2D eigenvalue weighted by molar-refractivity contribution is 9.10. The van der Waals surface area contributed by atoms with Crippen molar-refractivity contribution >= 4 is 27.5 Å². The fourth-order valence-corrected chi connectivity index (χ4v) is 2.50. The fraction of sp³-hybridized carbons (Fsp3) is 0.188. The summed E-state index contributed by atoms with van der Waals surface area (Å²) in [6.07, 6.45) is 0. The SMILES string of the molecule is Cc1ccc(C(=O)Nc2ccc(Br)cc2C)c(C)c1. The smallest absolute Gasteiger partial charge is 0.255 e. The van der Waals surface area contributed by atoms with Crippen molar-refractivity contribution < 1.29 is 4.79 Å². The lowest BCUT2D eigenvalue weighted by Gasteiger charge is -2.10. The Kier molecular flexibility index (Phi) is 4.05. The summed E-state index contributed by atoms with van der Waals surface area (Å²) in [6.45, 7) is 5.95. The number of carbonyl (C=O) groups is 1. The molecular formula is C16H16BrNO. The Balaban J connectivity index is 2.25. The number of hydrogen-bond acceptors (Lipinski definition) is 1. The van der Waals surface area contributed by atoms with Crippen LogP contribution in [0.15, 0.2) is 40.9 Å². The minimum absolute atomic E-state index is 0.0667. The van der Waals surface area contributed by atoms with Gasteiger partial charge in [-0.1, -0.05) is 33.6 Å². The molecule has 1 amide bonds. The molecule has 3 heteroatoms. The molecule has 0 heterocycles. The Morgan fingerprint density at radius 2 is 1.74 bits per heavy atom. The highest BCUT2D eigenvalue weighted by atomic mass is 79.9. The third kappa shape index (κ3) is 3.24. The summed E-state index contributed by atoms with van der Waals surface area (Å²) in [5.41, 5.74) is 4.75. The van der Waals surface area contributed by atoms with Gasteiger partial charge in [0, 0.05) is 15.7 Å². The van der Waals surface area contributed by atoms with Gasteiger partial charge in [0.15, 0.2) is 0 Å². The van der Waals surface area contributed by atoms with Crippen molar-refractivity contribution in [3.63, 3.8) is 0 Å². The molecule has 19 heavy (non-hydrogen) atoms. The lowest BCUT2D eigenvalue weighted by molar-refractivity contribution is 0.102. The van der Waals surface area contributed by atoms with E-state index in [0.717, 1.165) is 26.9 Å². The average Bonchev–Trinajstić information content (AvgIpc) is 2.32. The third-order valence-corrected chi connectivity index (χ3v) is 3.56. The van der Waals surface area contributed by atoms with Gasteiger partial charge >= 0.3 is 0 Å². The summed E-state index contributed by atoms with van der Waals surface area (Å²) in [5, 5.41) is 2.95. The predicted molar refractivity (Wildman–Crippen MR) is 82.7 cm³/mol. The van der Waals surface area contributed by atoms with E-state index < -0.39 is 0 Å². The van der Waals surface area contributed by atoms with E-state index >= 15 is 0 Å². The molecule has 0 atom stereocenters. The molecule has 0 fully saturated rings. The van der Waals surface area contributed by atoms with Crippen molar-refractivity contribution in [1.82, 2.24) is 0 Å². The van der Waals surface area contributed by atoms with E-state index in [0.29, 0.717) is 5.56 Å². The van der Waals surface area contributed by atoms with Crippen molar-refractivity contribution in [3.8, 4) is 0 Å². The monoisotopic (exact) mass is 317 g/mol. The number of aryl methyl sites for hydroxylation is 3. The number of carbonyl (C=O) groups excluding carboxylic acids is 1. The second-order valence-electron chi connectivity index (χ2n) is 4.73. The number of amides is 1. The minimum atomic E-state index is -0.0667. The van der Waals surface area contributed by atoms with Crippen molar-refractivity contribution in [2.45, 2.75) is 20.8 Å². The van der Waals surface area contributed by atoms with E-state index in [4.69, 9.17) is 0 Å². The number of hydrogen-bond donors (Lipinski definition) is 1. The fourth-order valence-electron chi connectivity index (χ4n) is 2.03. The van der Waals surface area contributed by atoms with Crippen LogP contribution in [0.2, 0.25) is 0 Å². The van der Waals surface area contributed by atoms with Crippen molar-refractivity contribution in [1.29, 1.82) is 0 Å². The average molecular weight is 318 g/mol. The van der Waals surface area contributed by atoms with Gasteiger partial charge in [-0.05, 0) is 56.2 Å². The molecule has 2 aromatic carbocycles. The van der Waals surface area contributed by atoms with Gasteiger partial charge in [0.05, 0.1) is 0 Å². The van der Waals surface area contributed by atoms with Gasteiger partial charge in [-0.25, -0.2) is 0 Å². The topological polar surface area (TPSA) is 29.1 Å². The maximum absolute atomic E-state index is 12.3. The molecule has 0 aliphatic heterocycles. The second-order valence-corrected chi connectivity index (χ2v) is 5.65. The van der Waals surface area contributed by atoms with E-state index in [9.17, 15) is 4.79 Å². The summed E-state index contributed by atoms with van der Waals surface area (Å²) in [6, 6.07) is 11.6. The van der Waals surface area contributed by atoms with Crippen molar-refractivity contribution in [3.05, 3.63) is 63.1 Å². The zero-order chi connectivity index (χ0) is 14.0. The number of halogens is 1. The van der Waals surface area contributed by atoms with E-state index in [1.165, 1.54) is 0 Å². The Hall–Kier alpha value is -1.61. The van der Waals surface area contributed by atoms with E-state index in [-0.39, 0.29) is 5.91 Å². The molecule has 0 aliphatic rings. The summed E-state index contributed by atoms with van der Waals surface area (Å²) in [4.78, 5) is 12.3. The molecule has 0 radical (unpaired) electrons. The lowest BCUT2D eigenvalue weighted by Crippen LogP contribution is -2.14. The number of anilines is 1. The maximum atomic E-state index is 12.3. The molecule has 0 aliphatic carbocycles. The first kappa shape index (κ1) is 13.8. The minimum Gasteiger partial charge on any atom is -0.322 e. The van der Waals surface area contributed by atoms with Crippen LogP contribution in [0.5, 0.6) is 0 Å². The molecule has 0 saturated carbocycles. The zero-order valence-corrected chi connectivity index (χ0v) is 12.8. The van der Waals surface area contributed by atoms with Crippen LogP contribution in [0.3, 0.4) is 0 Å². The molecule has 0 spiro atoms. The standard InChI is InChI=1S/C16H16BrNO/c1-10-4-6-14(11(2)8-10)16(19)18-15-7-5-13(17)9-12(15)3/h4-9H,1-3H3,(H,18,19). The Morgan fingerprint density at radius 3 is 2.37 bits per heavy atom. The Bertz CT molecular complexity index is 635. The molecule has 2 aromatic rings. The molecule has 0 bridgehead atoms. The number of benzene rings is 2. The Labute approximate surface area is 122 Å². The largest absolute Gasteiger partial charge is 0.322 e. The van der Waals surface area contributed by atoms with Crippen LogP contribution in [0.25, 0.3) is 0 Å². The van der Waals surface area contributed by atoms with E-state index in [1.54, 1.807) is 0 Å². The summed E-state index contributed by atoms with van der Waals surface area (Å²) in [5.74, 6) is -0.0667. The van der Waals surface area contributed by atoms with E-state index in [2.05, 4.69) is 21.2 Å². The first-order valence-corrected chi connectivity index (χ1v) is 6.91. The number of rotatable bonds is 2. The van der Waals surface area contributed by atoms with Crippen LogP contribution in [-0.2, 0) is 0 Å². The molecule has 0 saturated heterocycles. The second kappa shape index (κ2) is 5.57. The van der Waals surface area contributed by atoms with Gasteiger partial charge in [-0.2, -0.15) is 0 Å². The molecular weight excluding hydrogens is 302 g/mol. The maximum Gasteiger partial charge on any atom is 0.255 e. The van der Waals surface area contributed by atoms with Crippen LogP contribution < -0.4 is 5.32 Å². The normalized spacial score (nSPS) is 10.3. The predicted octanol–water partition coefficient (Wildman–Crippen LogP) is 4.63. The molecule has 2 rings (SSSR count). The van der Waals surface area contributed by atoms with E-state index in [1.807, 2.05) is 57.2 Å². The molecule has 0 aromatic heterocycles. The first-order valence-electron chi connectivity index (χ1n) is 6.12. The van der Waals surface area contributed by atoms with Crippen LogP contribution in [0.1, 0.15) is 27.0 Å². The molecule has 98 valence electrons. The van der Waals surface area contributed by atoms with Crippen LogP contribution in [0.4, 0.5) is 5.69 Å². The summed E-state index contributed by atoms with van der Waals surface area (Å²) >= 11 is 3.41. The Morgan fingerprint density at radius 1 is 1.00 bits per heavy atom. The van der Waals surface area contributed by atoms with Gasteiger partial charge in [0.2, 0.25) is 0 Å². The number of nitrogens with one attached hydrogen (secondary N) is 1. The zero-order valence-electron chi connectivity index (χ0n) is 11.3. The van der Waals surface area contributed by atoms with Gasteiger partial charge in [0.25, 0.3) is 5.91 Å². The molecule has 2 nitrogen and oxygen atoms in total. The lowest BCUT2D eigenvalue weighted by atomic mass is 10.0. The van der Waals surface area contributed by atoms with Gasteiger partial charge < -0.3 is 5.32 Å². The van der Waals surface area contributed by atoms with Crippen molar-refractivity contribution in [2.24, 2.45) is 0 Å². The van der Waals surface area contributed by atoms with Gasteiger partial charge in [-0.3, -0.25) is 4.79 Å². The van der Waals surface area contributed by atoms with Crippen LogP contribution in [0, 0.1) is 20.8 Å². The highest BCUT2D eigenvalue weighted by Gasteiger charge is 2.10.